The third-order valence-electron chi connectivity index (χ3n) is 2.93. The number of anilines is 1. The summed E-state index contributed by atoms with van der Waals surface area (Å²) in [5.41, 5.74) is 1.53. The van der Waals surface area contributed by atoms with Gasteiger partial charge in [0.1, 0.15) is 5.75 Å². The van der Waals surface area contributed by atoms with E-state index in [4.69, 9.17) is 11.6 Å². The molecule has 0 radical (unpaired) electrons. The minimum atomic E-state index is -2.94. The zero-order valence-electron chi connectivity index (χ0n) is 12.1. The molecule has 0 fully saturated rings. The quantitative estimate of drug-likeness (QED) is 0.808. The van der Waals surface area contributed by atoms with Gasteiger partial charge in [0.25, 0.3) is 0 Å². The Morgan fingerprint density at radius 2 is 1.91 bits per heavy atom. The van der Waals surface area contributed by atoms with E-state index in [0.29, 0.717) is 12.2 Å². The molecule has 2 N–H and O–H groups in total. The molecule has 23 heavy (non-hydrogen) atoms. The van der Waals surface area contributed by atoms with Crippen molar-refractivity contribution in [1.82, 2.24) is 5.32 Å². The summed E-state index contributed by atoms with van der Waals surface area (Å²) in [6.07, 6.45) is 0. The number of rotatable bonds is 7. The zero-order valence-corrected chi connectivity index (χ0v) is 12.8. The summed E-state index contributed by atoms with van der Waals surface area (Å²) in [5, 5.41) is 5.67. The van der Waals surface area contributed by atoms with Gasteiger partial charge in [-0.1, -0.05) is 41.9 Å². The van der Waals surface area contributed by atoms with E-state index in [1.807, 2.05) is 30.3 Å². The number of amides is 1. The predicted molar refractivity (Wildman–Crippen MR) is 84.9 cm³/mol. The minimum absolute atomic E-state index is 0.0399. The highest BCUT2D eigenvalue weighted by atomic mass is 35.5. The van der Waals surface area contributed by atoms with Crippen LogP contribution >= 0.6 is 11.6 Å². The molecule has 0 heterocycles. The Bertz CT molecular complexity index is 654. The Balaban J connectivity index is 1.81. The molecule has 1 amide bonds. The van der Waals surface area contributed by atoms with Gasteiger partial charge in [0, 0.05) is 12.2 Å². The highest BCUT2D eigenvalue weighted by molar-refractivity contribution is 6.32. The average Bonchev–Trinajstić information content (AvgIpc) is 2.54. The van der Waals surface area contributed by atoms with Crippen molar-refractivity contribution in [3.8, 4) is 5.75 Å². The van der Waals surface area contributed by atoms with Crippen molar-refractivity contribution in [2.24, 2.45) is 0 Å². The van der Waals surface area contributed by atoms with Crippen LogP contribution in [0.25, 0.3) is 0 Å². The maximum absolute atomic E-state index is 12.1. The van der Waals surface area contributed by atoms with Gasteiger partial charge in [-0.05, 0) is 23.8 Å². The van der Waals surface area contributed by atoms with Crippen LogP contribution in [0.1, 0.15) is 5.56 Å². The highest BCUT2D eigenvalue weighted by Gasteiger charge is 2.09. The number of nitrogens with one attached hydrogen (secondary N) is 2. The Kier molecular flexibility index (Phi) is 6.17. The molecule has 0 atom stereocenters. The summed E-state index contributed by atoms with van der Waals surface area (Å²) in [4.78, 5) is 11.8. The molecular formula is C16H15ClF2N2O2. The van der Waals surface area contributed by atoms with E-state index in [9.17, 15) is 13.6 Å². The smallest absolute Gasteiger partial charge is 0.387 e. The van der Waals surface area contributed by atoms with Crippen molar-refractivity contribution < 1.29 is 18.3 Å². The Labute approximate surface area is 137 Å². The summed E-state index contributed by atoms with van der Waals surface area (Å²) in [7, 11) is 0. The van der Waals surface area contributed by atoms with Gasteiger partial charge >= 0.3 is 6.61 Å². The number of carbonyl (C=O) groups excluding carboxylic acids is 1. The first kappa shape index (κ1) is 17.0. The van der Waals surface area contributed by atoms with Gasteiger partial charge in [-0.15, -0.1) is 0 Å². The summed E-state index contributed by atoms with van der Waals surface area (Å²) in [6.45, 7) is -2.46. The first-order valence-corrected chi connectivity index (χ1v) is 7.21. The molecule has 4 nitrogen and oxygen atoms in total. The van der Waals surface area contributed by atoms with Crippen molar-refractivity contribution in [2.75, 3.05) is 11.9 Å². The maximum Gasteiger partial charge on any atom is 0.387 e. The van der Waals surface area contributed by atoms with E-state index in [-0.39, 0.29) is 23.2 Å². The van der Waals surface area contributed by atoms with E-state index in [2.05, 4.69) is 15.4 Å². The second-order valence-corrected chi connectivity index (χ2v) is 5.05. The van der Waals surface area contributed by atoms with Crippen LogP contribution in [0.15, 0.2) is 48.5 Å². The maximum atomic E-state index is 12.1. The first-order valence-electron chi connectivity index (χ1n) is 6.83. The molecule has 0 unspecified atom stereocenters. The normalized spacial score (nSPS) is 10.4. The monoisotopic (exact) mass is 340 g/mol. The molecule has 0 aromatic heterocycles. The second kappa shape index (κ2) is 8.33. The number of hydrogen-bond acceptors (Lipinski definition) is 3. The number of carbonyl (C=O) groups is 1. The molecular weight excluding hydrogens is 326 g/mol. The van der Waals surface area contributed by atoms with Crippen molar-refractivity contribution >= 4 is 23.2 Å². The van der Waals surface area contributed by atoms with Gasteiger partial charge in [0.05, 0.1) is 11.6 Å². The van der Waals surface area contributed by atoms with E-state index in [0.717, 1.165) is 5.56 Å². The lowest BCUT2D eigenvalue weighted by molar-refractivity contribution is -0.119. The highest BCUT2D eigenvalue weighted by Crippen LogP contribution is 2.28. The molecule has 0 spiro atoms. The van der Waals surface area contributed by atoms with E-state index in [1.54, 1.807) is 0 Å². The molecule has 0 saturated heterocycles. The summed E-state index contributed by atoms with van der Waals surface area (Å²) in [5.74, 6) is -0.307. The van der Waals surface area contributed by atoms with Crippen LogP contribution < -0.4 is 15.4 Å². The molecule has 122 valence electrons. The van der Waals surface area contributed by atoms with Crippen LogP contribution in [0.2, 0.25) is 5.02 Å². The van der Waals surface area contributed by atoms with E-state index < -0.39 is 6.61 Å². The van der Waals surface area contributed by atoms with Crippen LogP contribution in [-0.4, -0.2) is 19.1 Å². The van der Waals surface area contributed by atoms with E-state index in [1.165, 1.54) is 18.2 Å². The van der Waals surface area contributed by atoms with Gasteiger partial charge in [0.15, 0.2) is 0 Å². The topological polar surface area (TPSA) is 50.4 Å². The second-order valence-electron chi connectivity index (χ2n) is 4.64. The molecule has 0 bridgehead atoms. The number of benzene rings is 2. The van der Waals surface area contributed by atoms with Crippen molar-refractivity contribution in [3.63, 3.8) is 0 Å². The van der Waals surface area contributed by atoms with Crippen molar-refractivity contribution in [1.29, 1.82) is 0 Å². The molecule has 2 rings (SSSR count). The lowest BCUT2D eigenvalue weighted by Crippen LogP contribution is -2.29. The summed E-state index contributed by atoms with van der Waals surface area (Å²) < 4.78 is 28.5. The van der Waals surface area contributed by atoms with Crippen LogP contribution in [0, 0.1) is 0 Å². The molecule has 2 aromatic carbocycles. The standard InChI is InChI=1S/C16H15ClF2N2O2/c17-13-8-12(6-7-14(13)23-16(18)19)20-10-15(22)21-9-11-4-2-1-3-5-11/h1-8,16,20H,9-10H2,(H,21,22). The SMILES string of the molecule is O=C(CNc1ccc(OC(F)F)c(Cl)c1)NCc1ccccc1. The molecule has 0 saturated carbocycles. The van der Waals surface area contributed by atoms with Gasteiger partial charge < -0.3 is 15.4 Å². The van der Waals surface area contributed by atoms with Crippen LogP contribution in [0.4, 0.5) is 14.5 Å². The van der Waals surface area contributed by atoms with Crippen LogP contribution in [0.5, 0.6) is 5.75 Å². The third-order valence-corrected chi connectivity index (χ3v) is 3.23. The molecule has 2 aromatic rings. The van der Waals surface area contributed by atoms with Crippen molar-refractivity contribution in [2.45, 2.75) is 13.2 Å². The number of hydrogen-bond donors (Lipinski definition) is 2. The van der Waals surface area contributed by atoms with Crippen LogP contribution in [0.3, 0.4) is 0 Å². The van der Waals surface area contributed by atoms with Gasteiger partial charge in [-0.3, -0.25) is 4.79 Å². The predicted octanol–water partition coefficient (Wildman–Crippen LogP) is 3.67. The fourth-order valence-corrected chi connectivity index (χ4v) is 2.07. The zero-order chi connectivity index (χ0) is 16.7. The Morgan fingerprint density at radius 1 is 1.17 bits per heavy atom. The number of halogens is 3. The van der Waals surface area contributed by atoms with Gasteiger partial charge in [0.2, 0.25) is 5.91 Å². The third kappa shape index (κ3) is 5.75. The summed E-state index contributed by atoms with van der Waals surface area (Å²) >= 11 is 5.83. The molecule has 0 aliphatic carbocycles. The molecule has 0 aliphatic heterocycles. The largest absolute Gasteiger partial charge is 0.433 e. The van der Waals surface area contributed by atoms with Crippen molar-refractivity contribution in [3.05, 3.63) is 59.1 Å². The Hall–Kier alpha value is -2.34. The fraction of sp³-hybridized carbons (Fsp3) is 0.188. The number of alkyl halides is 2. The van der Waals surface area contributed by atoms with E-state index >= 15 is 0 Å². The fourth-order valence-electron chi connectivity index (χ4n) is 1.84. The minimum Gasteiger partial charge on any atom is -0.433 e. The number of ether oxygens (including phenoxy) is 1. The van der Waals surface area contributed by atoms with Gasteiger partial charge in [-0.2, -0.15) is 8.78 Å². The lowest BCUT2D eigenvalue weighted by Gasteiger charge is -2.10. The first-order chi connectivity index (χ1) is 11.0. The average molecular weight is 341 g/mol. The molecule has 7 heteroatoms. The van der Waals surface area contributed by atoms with Gasteiger partial charge in [-0.25, -0.2) is 0 Å². The summed E-state index contributed by atoms with van der Waals surface area (Å²) in [6, 6.07) is 13.8. The lowest BCUT2D eigenvalue weighted by atomic mass is 10.2. The van der Waals surface area contributed by atoms with Crippen LogP contribution in [-0.2, 0) is 11.3 Å². The molecule has 0 aliphatic rings. The Morgan fingerprint density at radius 3 is 2.57 bits per heavy atom.